The minimum Gasteiger partial charge on any atom is -0.481 e. The molecule has 0 aromatic heterocycles. The molecule has 0 aromatic carbocycles. The molecule has 2 N–H and O–H groups in total. The minimum atomic E-state index is -1.09. The van der Waals surface area contributed by atoms with Crippen LogP contribution in [0.5, 0.6) is 0 Å². The van der Waals surface area contributed by atoms with Crippen LogP contribution < -0.4 is 0 Å². The average Bonchev–Trinajstić information content (AvgIpc) is 2.68. The van der Waals surface area contributed by atoms with E-state index in [1.165, 1.54) is 51.4 Å². The molecule has 0 aromatic rings. The maximum atomic E-state index is 12.2. The van der Waals surface area contributed by atoms with Gasteiger partial charge in [0.05, 0.1) is 10.8 Å². The van der Waals surface area contributed by atoms with Crippen molar-refractivity contribution in [3.63, 3.8) is 0 Å². The second-order valence-corrected chi connectivity index (χ2v) is 9.80. The summed E-state index contributed by atoms with van der Waals surface area (Å²) in [6, 6.07) is 0. The predicted octanol–water partition coefficient (Wildman–Crippen LogP) is 7.45. The molecule has 0 radical (unpaired) electrons. The molecular formula is C25H46O4. The summed E-state index contributed by atoms with van der Waals surface area (Å²) in [6.45, 7) is 6.42. The predicted molar refractivity (Wildman–Crippen MR) is 119 cm³/mol. The average molecular weight is 411 g/mol. The molecule has 0 saturated heterocycles. The summed E-state index contributed by atoms with van der Waals surface area (Å²) in [5.74, 6) is -0.976. The third-order valence-electron chi connectivity index (χ3n) is 7.43. The summed E-state index contributed by atoms with van der Waals surface area (Å²) in [4.78, 5) is 24.3. The quantitative estimate of drug-likeness (QED) is 0.259. The largest absolute Gasteiger partial charge is 0.481 e. The molecule has 1 aliphatic rings. The van der Waals surface area contributed by atoms with Crippen LogP contribution in [0.1, 0.15) is 130 Å². The first kappa shape index (κ1) is 26.0. The van der Waals surface area contributed by atoms with Crippen molar-refractivity contribution in [2.45, 2.75) is 130 Å². The number of unbranched alkanes of at least 4 members (excludes halogenated alkanes) is 9. The molecule has 1 fully saturated rings. The van der Waals surface area contributed by atoms with Gasteiger partial charge in [-0.2, -0.15) is 0 Å². The lowest BCUT2D eigenvalue weighted by Crippen LogP contribution is -2.54. The first-order valence-corrected chi connectivity index (χ1v) is 12.3. The monoisotopic (exact) mass is 410 g/mol. The third kappa shape index (κ3) is 7.29. The van der Waals surface area contributed by atoms with Gasteiger partial charge in [0, 0.05) is 0 Å². The van der Waals surface area contributed by atoms with E-state index < -0.39 is 22.8 Å². The Morgan fingerprint density at radius 1 is 0.724 bits per heavy atom. The summed E-state index contributed by atoms with van der Waals surface area (Å²) >= 11 is 0. The van der Waals surface area contributed by atoms with Crippen LogP contribution in [0.15, 0.2) is 0 Å². The van der Waals surface area contributed by atoms with Crippen LogP contribution in [0.25, 0.3) is 0 Å². The molecule has 29 heavy (non-hydrogen) atoms. The molecule has 0 spiro atoms. The molecule has 2 atom stereocenters. The molecule has 2 unspecified atom stereocenters. The molecular weight excluding hydrogens is 364 g/mol. The van der Waals surface area contributed by atoms with E-state index >= 15 is 0 Å². The summed E-state index contributed by atoms with van der Waals surface area (Å²) in [7, 11) is 0. The molecule has 1 rings (SSSR count). The van der Waals surface area contributed by atoms with Gasteiger partial charge in [-0.3, -0.25) is 9.59 Å². The molecule has 170 valence electrons. The Bertz CT molecular complexity index is 487. The van der Waals surface area contributed by atoms with Crippen LogP contribution in [0.4, 0.5) is 0 Å². The smallest absolute Gasteiger partial charge is 0.310 e. The van der Waals surface area contributed by atoms with Crippen LogP contribution in [0.2, 0.25) is 0 Å². The zero-order valence-corrected chi connectivity index (χ0v) is 19.3. The highest BCUT2D eigenvalue weighted by molar-refractivity contribution is 5.87. The van der Waals surface area contributed by atoms with Crippen molar-refractivity contribution in [1.82, 2.24) is 0 Å². The van der Waals surface area contributed by atoms with Gasteiger partial charge in [0.25, 0.3) is 0 Å². The third-order valence-corrected chi connectivity index (χ3v) is 7.43. The standard InChI is InChI=1S/C25H46O4/c1-4-24(22(26)27)18-15-16-20-25(24,23(28)29)19-14-12-10-8-6-5-7-9-11-13-17-21(2)3/h21H,4-20H2,1-3H3,(H,26,27)(H,28,29). The van der Waals surface area contributed by atoms with Crippen LogP contribution in [-0.2, 0) is 9.59 Å². The summed E-state index contributed by atoms with van der Waals surface area (Å²) in [6.07, 6.45) is 17.1. The van der Waals surface area contributed by atoms with Gasteiger partial charge in [-0.25, -0.2) is 0 Å². The topological polar surface area (TPSA) is 74.6 Å². The van der Waals surface area contributed by atoms with Crippen molar-refractivity contribution in [3.05, 3.63) is 0 Å². The van der Waals surface area contributed by atoms with Gasteiger partial charge in [0.1, 0.15) is 0 Å². The highest BCUT2D eigenvalue weighted by Crippen LogP contribution is 2.56. The zero-order valence-electron chi connectivity index (χ0n) is 19.3. The lowest BCUT2D eigenvalue weighted by atomic mass is 9.53. The fraction of sp³-hybridized carbons (Fsp3) is 0.920. The fourth-order valence-corrected chi connectivity index (χ4v) is 5.49. The van der Waals surface area contributed by atoms with Gasteiger partial charge in [-0.15, -0.1) is 0 Å². The van der Waals surface area contributed by atoms with Crippen molar-refractivity contribution in [1.29, 1.82) is 0 Å². The van der Waals surface area contributed by atoms with E-state index in [1.54, 1.807) is 0 Å². The van der Waals surface area contributed by atoms with Crippen molar-refractivity contribution in [3.8, 4) is 0 Å². The Kier molecular flexibility index (Phi) is 11.9. The normalized spacial score (nSPS) is 24.7. The van der Waals surface area contributed by atoms with Crippen molar-refractivity contribution >= 4 is 11.9 Å². The van der Waals surface area contributed by atoms with Crippen molar-refractivity contribution in [2.24, 2.45) is 16.7 Å². The number of aliphatic carboxylic acids is 2. The second-order valence-electron chi connectivity index (χ2n) is 9.80. The highest BCUT2D eigenvalue weighted by atomic mass is 16.4. The Hall–Kier alpha value is -1.06. The second kappa shape index (κ2) is 13.3. The van der Waals surface area contributed by atoms with Gasteiger partial charge < -0.3 is 10.2 Å². The number of carbonyl (C=O) groups is 2. The van der Waals surface area contributed by atoms with E-state index in [2.05, 4.69) is 13.8 Å². The van der Waals surface area contributed by atoms with E-state index in [0.717, 1.165) is 38.0 Å². The molecule has 0 heterocycles. The maximum absolute atomic E-state index is 12.2. The Morgan fingerprint density at radius 2 is 1.14 bits per heavy atom. The highest BCUT2D eigenvalue weighted by Gasteiger charge is 2.60. The molecule has 4 nitrogen and oxygen atoms in total. The first-order chi connectivity index (χ1) is 13.8. The van der Waals surface area contributed by atoms with Crippen molar-refractivity contribution < 1.29 is 19.8 Å². The molecule has 0 amide bonds. The van der Waals surface area contributed by atoms with E-state index in [9.17, 15) is 19.8 Å². The summed E-state index contributed by atoms with van der Waals surface area (Å²) < 4.78 is 0. The van der Waals surface area contributed by atoms with Gasteiger partial charge in [-0.05, 0) is 31.6 Å². The molecule has 4 heteroatoms. The van der Waals surface area contributed by atoms with Gasteiger partial charge in [-0.1, -0.05) is 104 Å². The van der Waals surface area contributed by atoms with E-state index in [0.29, 0.717) is 25.7 Å². The first-order valence-electron chi connectivity index (χ1n) is 12.3. The van der Waals surface area contributed by atoms with E-state index in [1.807, 2.05) is 6.92 Å². The number of hydrogen-bond donors (Lipinski definition) is 2. The van der Waals surface area contributed by atoms with Crippen LogP contribution in [0.3, 0.4) is 0 Å². The Morgan fingerprint density at radius 3 is 1.55 bits per heavy atom. The number of carboxylic acid groups (broad SMARTS) is 2. The maximum Gasteiger partial charge on any atom is 0.310 e. The number of rotatable bonds is 16. The SMILES string of the molecule is CCC1(C(=O)O)CCCCC1(CCCCCCCCCCCCC(C)C)C(=O)O. The molecule has 0 bridgehead atoms. The van der Waals surface area contributed by atoms with E-state index in [4.69, 9.17) is 0 Å². The molecule has 1 saturated carbocycles. The lowest BCUT2D eigenvalue weighted by molar-refractivity contribution is -0.181. The molecule has 1 aliphatic carbocycles. The number of hydrogen-bond acceptors (Lipinski definition) is 2. The number of carboxylic acids is 2. The van der Waals surface area contributed by atoms with Gasteiger partial charge in [0.15, 0.2) is 0 Å². The van der Waals surface area contributed by atoms with Gasteiger partial charge >= 0.3 is 11.9 Å². The van der Waals surface area contributed by atoms with E-state index in [-0.39, 0.29) is 0 Å². The van der Waals surface area contributed by atoms with Crippen LogP contribution >= 0.6 is 0 Å². The fourth-order valence-electron chi connectivity index (χ4n) is 5.49. The zero-order chi connectivity index (χ0) is 21.8. The Balaban J connectivity index is 2.30. The summed E-state index contributed by atoms with van der Waals surface area (Å²) in [5, 5.41) is 19.9. The molecule has 0 aliphatic heterocycles. The minimum absolute atomic E-state index is 0.409. The van der Waals surface area contributed by atoms with Gasteiger partial charge in [0.2, 0.25) is 0 Å². The van der Waals surface area contributed by atoms with Crippen LogP contribution in [-0.4, -0.2) is 22.2 Å². The van der Waals surface area contributed by atoms with Crippen LogP contribution in [0, 0.1) is 16.7 Å². The Labute approximate surface area is 178 Å². The van der Waals surface area contributed by atoms with Crippen molar-refractivity contribution in [2.75, 3.05) is 0 Å². The summed E-state index contributed by atoms with van der Waals surface area (Å²) in [5.41, 5.74) is -2.17. The lowest BCUT2D eigenvalue weighted by Gasteiger charge is -2.48.